The van der Waals surface area contributed by atoms with Crippen molar-refractivity contribution >= 4 is 23.3 Å². The fourth-order valence-electron chi connectivity index (χ4n) is 8.99. The number of hydrogen-bond donors (Lipinski definition) is 1. The van der Waals surface area contributed by atoms with Gasteiger partial charge >= 0.3 is 11.9 Å². The Labute approximate surface area is 361 Å². The monoisotopic (exact) mass is 827 g/mol. The van der Waals surface area contributed by atoms with E-state index in [9.17, 15) is 9.59 Å². The first kappa shape index (κ1) is 40.4. The number of esters is 2. The Hall–Kier alpha value is -7.05. The van der Waals surface area contributed by atoms with E-state index in [0.717, 1.165) is 70.6 Å². The van der Waals surface area contributed by atoms with Crippen LogP contribution in [0.1, 0.15) is 77.7 Å². The van der Waals surface area contributed by atoms with Crippen LogP contribution in [0.2, 0.25) is 0 Å². The third kappa shape index (κ3) is 7.62. The number of nitrogens with zero attached hydrogens (tertiary/aromatic N) is 6. The lowest BCUT2D eigenvalue weighted by Gasteiger charge is -2.36. The molecule has 0 amide bonds. The van der Waals surface area contributed by atoms with E-state index in [4.69, 9.17) is 24.5 Å². The average Bonchev–Trinajstić information content (AvgIpc) is 4.14. The molecule has 1 aliphatic carbocycles. The lowest BCUT2D eigenvalue weighted by Crippen LogP contribution is -2.39. The molecule has 62 heavy (non-hydrogen) atoms. The van der Waals surface area contributed by atoms with Crippen molar-refractivity contribution in [3.8, 4) is 17.2 Å². The zero-order valence-electron chi connectivity index (χ0n) is 35.1. The highest BCUT2D eigenvalue weighted by molar-refractivity contribution is 6.01. The van der Waals surface area contributed by atoms with Crippen LogP contribution in [0.4, 0.5) is 11.4 Å². The molecule has 0 spiro atoms. The third-order valence-corrected chi connectivity index (χ3v) is 11.8. The molecule has 9 rings (SSSR count). The summed E-state index contributed by atoms with van der Waals surface area (Å²) in [7, 11) is 0. The van der Waals surface area contributed by atoms with Crippen molar-refractivity contribution in [3.63, 3.8) is 0 Å². The molecule has 1 saturated carbocycles. The summed E-state index contributed by atoms with van der Waals surface area (Å²) in [5.74, 6) is -0.440. The summed E-state index contributed by atoms with van der Waals surface area (Å²) in [6.07, 6.45) is 4.15. The number of tetrazole rings is 1. The normalized spacial score (nSPS) is 15.5. The number of fused-ring (bicyclic) bond motifs is 1. The van der Waals surface area contributed by atoms with Crippen molar-refractivity contribution in [2.75, 3.05) is 16.8 Å². The second kappa shape index (κ2) is 17.5. The minimum Gasteiger partial charge on any atom is -0.425 e. The van der Waals surface area contributed by atoms with Gasteiger partial charge < -0.3 is 29.0 Å². The van der Waals surface area contributed by atoms with Crippen LogP contribution in [0.5, 0.6) is 0 Å². The van der Waals surface area contributed by atoms with E-state index in [2.05, 4.69) is 94.9 Å². The van der Waals surface area contributed by atoms with Gasteiger partial charge in [-0.15, -0.1) is 5.10 Å². The number of hydrogen-bond acceptors (Lipinski definition) is 10. The predicted octanol–water partition coefficient (Wildman–Crippen LogP) is 9.27. The summed E-state index contributed by atoms with van der Waals surface area (Å²) in [5, 5.41) is 17.3. The molecule has 0 radical (unpaired) electrons. The molecule has 12 heteroatoms. The van der Waals surface area contributed by atoms with Gasteiger partial charge in [-0.2, -0.15) is 0 Å². The highest BCUT2D eigenvalue weighted by Gasteiger charge is 2.42. The highest BCUT2D eigenvalue weighted by atomic mass is 16.7. The Kier molecular flexibility index (Phi) is 11.4. The van der Waals surface area contributed by atoms with Crippen LogP contribution in [0.3, 0.4) is 0 Å². The van der Waals surface area contributed by atoms with Crippen molar-refractivity contribution in [3.05, 3.63) is 179 Å². The quantitative estimate of drug-likeness (QED) is 0.0645. The number of carbonyl (C=O) groups excluding carboxylic acids is 2. The second-order valence-electron chi connectivity index (χ2n) is 15.8. The molecular formula is C50H49N7O5. The lowest BCUT2D eigenvalue weighted by atomic mass is 9.77. The van der Waals surface area contributed by atoms with Gasteiger partial charge in [-0.1, -0.05) is 122 Å². The summed E-state index contributed by atoms with van der Waals surface area (Å²) < 4.78 is 21.5. The van der Waals surface area contributed by atoms with Crippen LogP contribution in [0.25, 0.3) is 17.2 Å². The minimum absolute atomic E-state index is 0.140. The maximum atomic E-state index is 13.7. The fraction of sp³-hybridized carbons (Fsp3) is 0.260. The zero-order valence-corrected chi connectivity index (χ0v) is 35.1. The van der Waals surface area contributed by atoms with E-state index in [1.165, 1.54) is 0 Å². The number of nitrogens with one attached hydrogen (secondary N) is 1. The lowest BCUT2D eigenvalue weighted by molar-refractivity contribution is -0.170. The van der Waals surface area contributed by atoms with Crippen molar-refractivity contribution in [1.29, 1.82) is 0 Å². The molecule has 2 unspecified atom stereocenters. The average molecular weight is 828 g/mol. The summed E-state index contributed by atoms with van der Waals surface area (Å²) in [5.41, 5.74) is 7.67. The predicted molar refractivity (Wildman–Crippen MR) is 237 cm³/mol. The molecule has 0 bridgehead atoms. The molecule has 0 saturated heterocycles. The van der Waals surface area contributed by atoms with Crippen LogP contribution < -0.4 is 10.2 Å². The van der Waals surface area contributed by atoms with Gasteiger partial charge in [0.15, 0.2) is 0 Å². The minimum atomic E-state index is -1.03. The molecule has 2 atom stereocenters. The van der Waals surface area contributed by atoms with Gasteiger partial charge in [0.1, 0.15) is 5.54 Å². The van der Waals surface area contributed by atoms with Gasteiger partial charge in [-0.25, -0.2) is 9.48 Å². The standard InChI is InChI=1S/C50H49N7O5/c1-4-60-49-51-43-26-16-25-42(48(59)62-35(3)61-47(58)37-17-14-15-18-37)45(43)56(49)33-36-27-29-41(30-28-36)55-32-34(2)31-44(55)46-52-53-54-57(46)50(38-19-8-5-9-20-38,39-21-10-6-11-22-39)40-23-12-7-13-24-40/h5-13,16,19-32,35,37,49,51H,4,14-15,17-18,33H2,1-3H3. The molecule has 2 aromatic heterocycles. The van der Waals surface area contributed by atoms with Gasteiger partial charge in [-0.3, -0.25) is 4.79 Å². The maximum Gasteiger partial charge on any atom is 0.343 e. The van der Waals surface area contributed by atoms with E-state index in [-0.39, 0.29) is 11.9 Å². The van der Waals surface area contributed by atoms with E-state index in [0.29, 0.717) is 30.2 Å². The molecule has 1 aliphatic heterocycles. The zero-order chi connectivity index (χ0) is 42.6. The summed E-state index contributed by atoms with van der Waals surface area (Å²) in [4.78, 5) is 28.4. The number of aromatic nitrogens is 5. The number of aryl methyl sites for hydroxylation is 1. The van der Waals surface area contributed by atoms with Gasteiger partial charge in [0.05, 0.1) is 28.6 Å². The van der Waals surface area contributed by atoms with Crippen molar-refractivity contribution < 1.29 is 23.8 Å². The fourth-order valence-corrected chi connectivity index (χ4v) is 8.99. The topological polar surface area (TPSA) is 126 Å². The first-order valence-corrected chi connectivity index (χ1v) is 21.3. The van der Waals surface area contributed by atoms with E-state index in [1.54, 1.807) is 19.1 Å². The second-order valence-corrected chi connectivity index (χ2v) is 15.8. The van der Waals surface area contributed by atoms with Crippen LogP contribution in [0.15, 0.2) is 146 Å². The molecule has 7 aromatic rings. The molecule has 1 fully saturated rings. The number of anilines is 2. The van der Waals surface area contributed by atoms with Gasteiger partial charge in [0.2, 0.25) is 18.5 Å². The molecule has 3 heterocycles. The summed E-state index contributed by atoms with van der Waals surface area (Å²) in [6, 6.07) is 46.9. The highest BCUT2D eigenvalue weighted by Crippen LogP contribution is 2.43. The summed E-state index contributed by atoms with van der Waals surface area (Å²) in [6.45, 7) is 6.45. The van der Waals surface area contributed by atoms with Gasteiger partial charge in [-0.05, 0) is 95.3 Å². The van der Waals surface area contributed by atoms with Crippen molar-refractivity contribution in [1.82, 2.24) is 24.8 Å². The number of para-hydroxylation sites is 1. The van der Waals surface area contributed by atoms with E-state index >= 15 is 0 Å². The van der Waals surface area contributed by atoms with Crippen molar-refractivity contribution in [2.45, 2.75) is 71.2 Å². The first-order chi connectivity index (χ1) is 30.3. The summed E-state index contributed by atoms with van der Waals surface area (Å²) >= 11 is 0. The first-order valence-electron chi connectivity index (χ1n) is 21.3. The van der Waals surface area contributed by atoms with Crippen molar-refractivity contribution in [2.24, 2.45) is 5.92 Å². The molecule has 5 aromatic carbocycles. The number of ether oxygens (including phenoxy) is 3. The smallest absolute Gasteiger partial charge is 0.343 e. The van der Waals surface area contributed by atoms with Crippen LogP contribution in [-0.4, -0.2) is 56.0 Å². The molecule has 12 nitrogen and oxygen atoms in total. The Balaban J connectivity index is 1.03. The van der Waals surface area contributed by atoms with Gasteiger partial charge in [0.25, 0.3) is 0 Å². The third-order valence-electron chi connectivity index (χ3n) is 11.8. The Morgan fingerprint density at radius 1 is 0.806 bits per heavy atom. The van der Waals surface area contributed by atoms with Crippen LogP contribution in [-0.2, 0) is 31.1 Å². The molecule has 314 valence electrons. The molecular weight excluding hydrogens is 779 g/mol. The van der Waals surface area contributed by atoms with Gasteiger partial charge in [0, 0.05) is 32.0 Å². The SMILES string of the molecule is CCOC1Nc2cccc(C(=O)OC(C)OC(=O)C3CCCC3)c2N1Cc1ccc(-n2cc(C)cc2-c2nnnn2C(c2ccccc2)(c2ccccc2)c2ccccc2)cc1. The largest absolute Gasteiger partial charge is 0.425 e. The Morgan fingerprint density at radius 2 is 1.44 bits per heavy atom. The van der Waals surface area contributed by atoms with E-state index in [1.807, 2.05) is 77.2 Å². The number of rotatable bonds is 14. The van der Waals surface area contributed by atoms with E-state index < -0.39 is 24.2 Å². The van der Waals surface area contributed by atoms with Crippen LogP contribution >= 0.6 is 0 Å². The molecule has 2 aliphatic rings. The Morgan fingerprint density at radius 3 is 2.05 bits per heavy atom. The molecule has 1 N–H and O–H groups in total. The number of carbonyl (C=O) groups is 2. The van der Waals surface area contributed by atoms with Crippen LogP contribution in [0, 0.1) is 12.8 Å². The Bertz CT molecular complexity index is 2540. The maximum absolute atomic E-state index is 13.7. The number of benzene rings is 5.